The number of hydrogen-bond donors (Lipinski definition) is 2. The zero-order valence-electron chi connectivity index (χ0n) is 13.3. The Morgan fingerprint density at radius 2 is 1.42 bits per heavy atom. The van der Waals surface area contributed by atoms with Crippen molar-refractivity contribution in [1.29, 1.82) is 0 Å². The number of anilines is 2. The van der Waals surface area contributed by atoms with Crippen molar-refractivity contribution < 1.29 is 24.2 Å². The lowest BCUT2D eigenvalue weighted by atomic mass is 10.2. The number of nitrogens with one attached hydrogen (secondary N) is 2. The van der Waals surface area contributed by atoms with Crippen LogP contribution in [0.2, 0.25) is 0 Å². The number of amides is 2. The number of hydrogen-bond acceptors (Lipinski definition) is 7. The number of rotatable bonds is 5. The molecular formula is C15H12N4O7. The fourth-order valence-corrected chi connectivity index (χ4v) is 1.93. The van der Waals surface area contributed by atoms with E-state index in [0.717, 1.165) is 12.1 Å². The maximum atomic E-state index is 12.0. The fraction of sp³-hybridized carbons (Fsp3) is 0.0667. The molecule has 0 unspecified atom stereocenters. The number of methoxy groups -OCH3 is 1. The Hall–Kier alpha value is -4.02. The topological polar surface area (TPSA) is 154 Å². The molecule has 0 saturated heterocycles. The second-order valence-corrected chi connectivity index (χ2v) is 4.85. The summed E-state index contributed by atoms with van der Waals surface area (Å²) in [5, 5.41) is 25.9. The molecule has 26 heavy (non-hydrogen) atoms. The van der Waals surface area contributed by atoms with E-state index >= 15 is 0 Å². The predicted molar refractivity (Wildman–Crippen MR) is 90.0 cm³/mol. The van der Waals surface area contributed by atoms with Gasteiger partial charge in [-0.3, -0.25) is 29.8 Å². The number of nitrogens with zero attached hydrogens (tertiary/aromatic N) is 2. The summed E-state index contributed by atoms with van der Waals surface area (Å²) < 4.78 is 4.96. The molecule has 2 aromatic rings. The van der Waals surface area contributed by atoms with Gasteiger partial charge in [-0.15, -0.1) is 0 Å². The molecule has 0 heterocycles. The average Bonchev–Trinajstić information content (AvgIpc) is 2.62. The number of non-ortho nitro benzene ring substituents is 2. The number of ether oxygens (including phenoxy) is 1. The molecule has 134 valence electrons. The molecule has 0 bridgehead atoms. The highest BCUT2D eigenvalue weighted by atomic mass is 16.6. The van der Waals surface area contributed by atoms with Crippen LogP contribution in [0.25, 0.3) is 0 Å². The van der Waals surface area contributed by atoms with Crippen molar-refractivity contribution in [3.63, 3.8) is 0 Å². The van der Waals surface area contributed by atoms with Crippen molar-refractivity contribution in [2.45, 2.75) is 0 Å². The molecule has 11 nitrogen and oxygen atoms in total. The van der Waals surface area contributed by atoms with E-state index in [1.165, 1.54) is 37.4 Å². The summed E-state index contributed by atoms with van der Waals surface area (Å²) in [6, 6.07) is 8.37. The van der Waals surface area contributed by atoms with Crippen molar-refractivity contribution in [2.24, 2.45) is 0 Å². The standard InChI is InChI=1S/C15H12N4O7/c1-26-13-8-11(19(24)25)6-7-12(13)17-15(21)14(20)16-9-2-4-10(5-3-9)18(22)23/h2-8H,1H3,(H,16,20)(H,17,21). The van der Waals surface area contributed by atoms with Gasteiger partial charge in [0.05, 0.1) is 28.7 Å². The summed E-state index contributed by atoms with van der Waals surface area (Å²) in [5.41, 5.74) is -0.147. The predicted octanol–water partition coefficient (Wildman–Crippen LogP) is 2.09. The minimum Gasteiger partial charge on any atom is -0.494 e. The van der Waals surface area contributed by atoms with Gasteiger partial charge in [0, 0.05) is 23.9 Å². The Morgan fingerprint density at radius 3 is 1.96 bits per heavy atom. The lowest BCUT2D eigenvalue weighted by Gasteiger charge is -2.10. The van der Waals surface area contributed by atoms with Crippen molar-refractivity contribution in [1.82, 2.24) is 0 Å². The Balaban J connectivity index is 2.08. The third-order valence-corrected chi connectivity index (χ3v) is 3.19. The van der Waals surface area contributed by atoms with Gasteiger partial charge < -0.3 is 15.4 Å². The van der Waals surface area contributed by atoms with Crippen molar-refractivity contribution in [3.05, 3.63) is 62.7 Å². The van der Waals surface area contributed by atoms with Crippen LogP contribution in [0, 0.1) is 20.2 Å². The van der Waals surface area contributed by atoms with Crippen molar-refractivity contribution in [2.75, 3.05) is 17.7 Å². The second kappa shape index (κ2) is 7.70. The molecule has 0 aliphatic heterocycles. The first-order valence-electron chi connectivity index (χ1n) is 7.01. The highest BCUT2D eigenvalue weighted by Gasteiger charge is 2.18. The lowest BCUT2D eigenvalue weighted by Crippen LogP contribution is -2.29. The summed E-state index contributed by atoms with van der Waals surface area (Å²) in [5.74, 6) is -2.06. The number of nitro benzene ring substituents is 2. The van der Waals surface area contributed by atoms with E-state index in [4.69, 9.17) is 4.74 Å². The first-order valence-corrected chi connectivity index (χ1v) is 7.01. The third-order valence-electron chi connectivity index (χ3n) is 3.19. The molecule has 2 N–H and O–H groups in total. The van der Waals surface area contributed by atoms with Gasteiger partial charge in [0.25, 0.3) is 11.4 Å². The quantitative estimate of drug-likeness (QED) is 0.470. The van der Waals surface area contributed by atoms with Gasteiger partial charge in [-0.25, -0.2) is 0 Å². The maximum absolute atomic E-state index is 12.0. The molecule has 0 radical (unpaired) electrons. The van der Waals surface area contributed by atoms with E-state index in [9.17, 15) is 29.8 Å². The van der Waals surface area contributed by atoms with E-state index in [1.807, 2.05) is 0 Å². The normalized spacial score (nSPS) is 9.88. The van der Waals surface area contributed by atoms with E-state index < -0.39 is 21.7 Å². The van der Waals surface area contributed by atoms with Gasteiger partial charge in [-0.05, 0) is 18.2 Å². The van der Waals surface area contributed by atoms with Crippen LogP contribution in [0.15, 0.2) is 42.5 Å². The van der Waals surface area contributed by atoms with Gasteiger partial charge in [0.2, 0.25) is 0 Å². The maximum Gasteiger partial charge on any atom is 0.314 e. The van der Waals surface area contributed by atoms with Crippen LogP contribution in [-0.2, 0) is 9.59 Å². The summed E-state index contributed by atoms with van der Waals surface area (Å²) in [6.45, 7) is 0. The molecule has 0 aliphatic rings. The minimum absolute atomic E-state index is 0.00989. The van der Waals surface area contributed by atoms with Crippen LogP contribution in [-0.4, -0.2) is 28.8 Å². The van der Waals surface area contributed by atoms with Crippen LogP contribution in [0.5, 0.6) is 5.75 Å². The number of benzene rings is 2. The molecule has 0 spiro atoms. The van der Waals surface area contributed by atoms with Crippen LogP contribution < -0.4 is 15.4 Å². The minimum atomic E-state index is -1.05. The molecular weight excluding hydrogens is 348 g/mol. The fourth-order valence-electron chi connectivity index (χ4n) is 1.93. The Morgan fingerprint density at radius 1 is 0.885 bits per heavy atom. The molecule has 2 amide bonds. The first kappa shape index (κ1) is 18.3. The summed E-state index contributed by atoms with van der Waals surface area (Å²) in [6.07, 6.45) is 0. The molecule has 11 heteroatoms. The molecule has 0 aromatic heterocycles. The monoisotopic (exact) mass is 360 g/mol. The van der Waals surface area contributed by atoms with Crippen LogP contribution in [0.4, 0.5) is 22.7 Å². The SMILES string of the molecule is COc1cc([N+](=O)[O-])ccc1NC(=O)C(=O)Nc1ccc([N+](=O)[O-])cc1. The van der Waals surface area contributed by atoms with Gasteiger partial charge >= 0.3 is 11.8 Å². The third kappa shape index (κ3) is 4.29. The van der Waals surface area contributed by atoms with E-state index in [-0.39, 0.29) is 28.5 Å². The summed E-state index contributed by atoms with van der Waals surface area (Å²) in [7, 11) is 1.26. The van der Waals surface area contributed by atoms with Crippen LogP contribution >= 0.6 is 0 Å². The van der Waals surface area contributed by atoms with E-state index in [1.54, 1.807) is 0 Å². The smallest absolute Gasteiger partial charge is 0.314 e. The summed E-state index contributed by atoms with van der Waals surface area (Å²) in [4.78, 5) is 43.9. The van der Waals surface area contributed by atoms with Gasteiger partial charge in [-0.2, -0.15) is 0 Å². The zero-order valence-corrected chi connectivity index (χ0v) is 13.3. The molecule has 0 saturated carbocycles. The highest BCUT2D eigenvalue weighted by Crippen LogP contribution is 2.29. The van der Waals surface area contributed by atoms with Crippen molar-refractivity contribution >= 4 is 34.6 Å². The number of nitro groups is 2. The second-order valence-electron chi connectivity index (χ2n) is 4.85. The largest absolute Gasteiger partial charge is 0.494 e. The molecule has 0 atom stereocenters. The van der Waals surface area contributed by atoms with Gasteiger partial charge in [0.15, 0.2) is 0 Å². The Kier molecular flexibility index (Phi) is 5.43. The zero-order chi connectivity index (χ0) is 19.3. The Bertz CT molecular complexity index is 880. The Labute approximate surface area is 145 Å². The molecule has 2 rings (SSSR count). The lowest BCUT2D eigenvalue weighted by molar-refractivity contribution is -0.385. The van der Waals surface area contributed by atoms with E-state index in [2.05, 4.69) is 10.6 Å². The van der Waals surface area contributed by atoms with Gasteiger partial charge in [0.1, 0.15) is 5.75 Å². The number of carbonyl (C=O) groups is 2. The highest BCUT2D eigenvalue weighted by molar-refractivity contribution is 6.43. The molecule has 0 fully saturated rings. The number of carbonyl (C=O) groups excluding carboxylic acids is 2. The molecule has 0 aliphatic carbocycles. The van der Waals surface area contributed by atoms with Crippen LogP contribution in [0.3, 0.4) is 0 Å². The molecule has 2 aromatic carbocycles. The average molecular weight is 360 g/mol. The van der Waals surface area contributed by atoms with Crippen LogP contribution in [0.1, 0.15) is 0 Å². The van der Waals surface area contributed by atoms with Gasteiger partial charge in [-0.1, -0.05) is 0 Å². The van der Waals surface area contributed by atoms with E-state index in [0.29, 0.717) is 0 Å². The van der Waals surface area contributed by atoms with Crippen molar-refractivity contribution in [3.8, 4) is 5.75 Å². The summed E-state index contributed by atoms with van der Waals surface area (Å²) >= 11 is 0. The first-order chi connectivity index (χ1) is 12.3.